The number of carboxylic acids is 1. The van der Waals surface area contributed by atoms with Crippen molar-refractivity contribution in [2.75, 3.05) is 6.54 Å². The van der Waals surface area contributed by atoms with Gasteiger partial charge in [0.15, 0.2) is 0 Å². The second kappa shape index (κ2) is 5.90. The standard InChI is InChI=1S/C14H26N2O3/c1-13(2,3)10(11(17)18)16-12(19)14(9-15)7-5-4-6-8-14/h10H,4-9,15H2,1-3H3,(H,16,19)(H,17,18)/t10-/m1/s1. The minimum absolute atomic E-state index is 0.197. The lowest BCUT2D eigenvalue weighted by Gasteiger charge is -2.37. The highest BCUT2D eigenvalue weighted by Gasteiger charge is 2.42. The van der Waals surface area contributed by atoms with Crippen LogP contribution in [-0.2, 0) is 9.59 Å². The molecule has 0 aromatic heterocycles. The number of hydrogen-bond donors (Lipinski definition) is 3. The molecule has 1 fully saturated rings. The number of hydrogen-bond acceptors (Lipinski definition) is 3. The van der Waals surface area contributed by atoms with E-state index in [2.05, 4.69) is 5.32 Å². The second-order valence-electron chi connectivity index (χ2n) is 6.66. The Morgan fingerprint density at radius 1 is 1.26 bits per heavy atom. The van der Waals surface area contributed by atoms with Gasteiger partial charge in [-0.25, -0.2) is 4.79 Å². The molecule has 1 aliphatic rings. The predicted octanol–water partition coefficient (Wildman–Crippen LogP) is 1.51. The number of nitrogens with one attached hydrogen (secondary N) is 1. The lowest BCUT2D eigenvalue weighted by Crippen LogP contribution is -2.56. The summed E-state index contributed by atoms with van der Waals surface area (Å²) in [5.74, 6) is -1.19. The van der Waals surface area contributed by atoms with Crippen LogP contribution in [0.4, 0.5) is 0 Å². The van der Waals surface area contributed by atoms with E-state index in [0.717, 1.165) is 32.1 Å². The molecular weight excluding hydrogens is 244 g/mol. The van der Waals surface area contributed by atoms with Gasteiger partial charge in [0, 0.05) is 6.54 Å². The van der Waals surface area contributed by atoms with Gasteiger partial charge in [-0.1, -0.05) is 40.0 Å². The first-order chi connectivity index (χ1) is 8.73. The number of carboxylic acid groups (broad SMARTS) is 1. The monoisotopic (exact) mass is 270 g/mol. The summed E-state index contributed by atoms with van der Waals surface area (Å²) in [5.41, 5.74) is 4.70. The van der Waals surface area contributed by atoms with E-state index in [0.29, 0.717) is 0 Å². The number of carbonyl (C=O) groups is 2. The topological polar surface area (TPSA) is 92.4 Å². The molecule has 1 amide bonds. The van der Waals surface area contributed by atoms with Crippen molar-refractivity contribution >= 4 is 11.9 Å². The second-order valence-corrected chi connectivity index (χ2v) is 6.66. The van der Waals surface area contributed by atoms with Gasteiger partial charge in [0.05, 0.1) is 5.41 Å². The summed E-state index contributed by atoms with van der Waals surface area (Å²) in [7, 11) is 0. The first-order valence-electron chi connectivity index (χ1n) is 6.97. The number of carbonyl (C=O) groups excluding carboxylic acids is 1. The van der Waals surface area contributed by atoms with Crippen LogP contribution in [0.25, 0.3) is 0 Å². The van der Waals surface area contributed by atoms with E-state index in [1.165, 1.54) is 0 Å². The summed E-state index contributed by atoms with van der Waals surface area (Å²) < 4.78 is 0. The molecule has 4 N–H and O–H groups in total. The Labute approximate surface area is 114 Å². The maximum absolute atomic E-state index is 12.5. The third kappa shape index (κ3) is 3.69. The van der Waals surface area contributed by atoms with Crippen LogP contribution in [0.5, 0.6) is 0 Å². The van der Waals surface area contributed by atoms with E-state index < -0.39 is 22.8 Å². The summed E-state index contributed by atoms with van der Waals surface area (Å²) in [6.07, 6.45) is 4.60. The van der Waals surface area contributed by atoms with Crippen molar-refractivity contribution in [3.05, 3.63) is 0 Å². The minimum atomic E-state index is -0.996. The highest BCUT2D eigenvalue weighted by Crippen LogP contribution is 2.36. The first kappa shape index (κ1) is 16.0. The molecule has 0 heterocycles. The van der Waals surface area contributed by atoms with Crippen LogP contribution in [-0.4, -0.2) is 29.6 Å². The highest BCUT2D eigenvalue weighted by atomic mass is 16.4. The molecule has 0 radical (unpaired) electrons. The van der Waals surface area contributed by atoms with E-state index >= 15 is 0 Å². The average Bonchev–Trinajstić information content (AvgIpc) is 2.34. The Bertz CT molecular complexity index is 341. The van der Waals surface area contributed by atoms with Gasteiger partial charge in [0.2, 0.25) is 5.91 Å². The summed E-state index contributed by atoms with van der Waals surface area (Å²) in [5, 5.41) is 12.0. The molecule has 1 rings (SSSR count). The molecular formula is C14H26N2O3. The van der Waals surface area contributed by atoms with E-state index in [4.69, 9.17) is 5.73 Å². The van der Waals surface area contributed by atoms with Crippen LogP contribution < -0.4 is 11.1 Å². The molecule has 0 aromatic carbocycles. The Hall–Kier alpha value is -1.10. The van der Waals surface area contributed by atoms with Crippen molar-refractivity contribution in [3.8, 4) is 0 Å². The van der Waals surface area contributed by atoms with Crippen LogP contribution in [0, 0.1) is 10.8 Å². The molecule has 0 aliphatic heterocycles. The summed E-state index contributed by atoms with van der Waals surface area (Å²) in [4.78, 5) is 23.8. The SMILES string of the molecule is CC(C)(C)[C@H](NC(=O)C1(CN)CCCCC1)C(=O)O. The summed E-state index contributed by atoms with van der Waals surface area (Å²) >= 11 is 0. The summed E-state index contributed by atoms with van der Waals surface area (Å²) in [6, 6.07) is -0.884. The number of nitrogens with two attached hydrogens (primary N) is 1. The van der Waals surface area contributed by atoms with Crippen molar-refractivity contribution in [3.63, 3.8) is 0 Å². The van der Waals surface area contributed by atoms with Gasteiger partial charge in [-0.3, -0.25) is 4.79 Å². The average molecular weight is 270 g/mol. The van der Waals surface area contributed by atoms with Crippen LogP contribution in [0.3, 0.4) is 0 Å². The van der Waals surface area contributed by atoms with Gasteiger partial charge in [-0.05, 0) is 18.3 Å². The molecule has 1 aliphatic carbocycles. The normalized spacial score (nSPS) is 20.6. The zero-order valence-corrected chi connectivity index (χ0v) is 12.2. The fourth-order valence-corrected chi connectivity index (χ4v) is 2.69. The highest BCUT2D eigenvalue weighted by molar-refractivity contribution is 5.88. The molecule has 0 saturated heterocycles. The summed E-state index contributed by atoms with van der Waals surface area (Å²) in [6.45, 7) is 5.71. The number of aliphatic carboxylic acids is 1. The molecule has 1 atom stereocenters. The van der Waals surface area contributed by atoms with Crippen LogP contribution >= 0.6 is 0 Å². The Kier molecular flexibility index (Phi) is 4.96. The third-order valence-electron chi connectivity index (χ3n) is 4.07. The zero-order chi connectivity index (χ0) is 14.7. The van der Waals surface area contributed by atoms with Crippen molar-refractivity contribution < 1.29 is 14.7 Å². The largest absolute Gasteiger partial charge is 0.480 e. The van der Waals surface area contributed by atoms with Crippen LogP contribution in [0.15, 0.2) is 0 Å². The fraction of sp³-hybridized carbons (Fsp3) is 0.857. The zero-order valence-electron chi connectivity index (χ0n) is 12.2. The van der Waals surface area contributed by atoms with Crippen LogP contribution in [0.2, 0.25) is 0 Å². The van der Waals surface area contributed by atoms with E-state index in [9.17, 15) is 14.7 Å². The van der Waals surface area contributed by atoms with Gasteiger partial charge in [0.25, 0.3) is 0 Å². The van der Waals surface area contributed by atoms with Gasteiger partial charge in [0.1, 0.15) is 6.04 Å². The Morgan fingerprint density at radius 3 is 2.16 bits per heavy atom. The first-order valence-corrected chi connectivity index (χ1v) is 6.97. The Balaban J connectivity index is 2.83. The van der Waals surface area contributed by atoms with Gasteiger partial charge in [-0.2, -0.15) is 0 Å². The third-order valence-corrected chi connectivity index (χ3v) is 4.07. The smallest absolute Gasteiger partial charge is 0.326 e. The van der Waals surface area contributed by atoms with Crippen molar-refractivity contribution in [2.24, 2.45) is 16.6 Å². The maximum atomic E-state index is 12.5. The fourth-order valence-electron chi connectivity index (χ4n) is 2.69. The molecule has 1 saturated carbocycles. The number of amides is 1. The van der Waals surface area contributed by atoms with Crippen LogP contribution in [0.1, 0.15) is 52.9 Å². The maximum Gasteiger partial charge on any atom is 0.326 e. The molecule has 110 valence electrons. The van der Waals surface area contributed by atoms with Gasteiger partial charge in [-0.15, -0.1) is 0 Å². The van der Waals surface area contributed by atoms with E-state index in [1.807, 2.05) is 20.8 Å². The predicted molar refractivity (Wildman–Crippen MR) is 73.6 cm³/mol. The van der Waals surface area contributed by atoms with E-state index in [1.54, 1.807) is 0 Å². The van der Waals surface area contributed by atoms with Gasteiger partial charge >= 0.3 is 5.97 Å². The minimum Gasteiger partial charge on any atom is -0.480 e. The molecule has 0 bridgehead atoms. The molecule has 19 heavy (non-hydrogen) atoms. The van der Waals surface area contributed by atoms with Crippen molar-refractivity contribution in [1.29, 1.82) is 0 Å². The van der Waals surface area contributed by atoms with E-state index in [-0.39, 0.29) is 12.5 Å². The van der Waals surface area contributed by atoms with Crippen molar-refractivity contribution in [1.82, 2.24) is 5.32 Å². The molecule has 5 nitrogen and oxygen atoms in total. The van der Waals surface area contributed by atoms with Gasteiger partial charge < -0.3 is 16.2 Å². The molecule has 5 heteroatoms. The molecule has 0 aromatic rings. The Morgan fingerprint density at radius 2 is 1.79 bits per heavy atom. The lowest BCUT2D eigenvalue weighted by atomic mass is 9.73. The number of rotatable bonds is 4. The van der Waals surface area contributed by atoms with Crippen molar-refractivity contribution in [2.45, 2.75) is 58.9 Å². The molecule has 0 unspecified atom stereocenters. The lowest BCUT2D eigenvalue weighted by molar-refractivity contribution is -0.147. The molecule has 0 spiro atoms. The quantitative estimate of drug-likeness (QED) is 0.722.